The first-order valence-electron chi connectivity index (χ1n) is 4.80. The summed E-state index contributed by atoms with van der Waals surface area (Å²) in [5.74, 6) is -0.606. The number of carboxylic acids is 1. The van der Waals surface area contributed by atoms with Gasteiger partial charge in [0.2, 0.25) is 0 Å². The minimum Gasteiger partial charge on any atom is -0.481 e. The van der Waals surface area contributed by atoms with Crippen molar-refractivity contribution in [3.63, 3.8) is 0 Å². The molecule has 0 fully saturated rings. The van der Waals surface area contributed by atoms with E-state index in [0.717, 1.165) is 11.8 Å². The van der Waals surface area contributed by atoms with Gasteiger partial charge in [-0.2, -0.15) is 12.8 Å². The number of hydrogen-bond donors (Lipinski definition) is 1. The Bertz CT molecular complexity index is 592. The minimum absolute atomic E-state index is 0.0219. The maximum Gasteiger partial charge on any atom is 0.304 e. The van der Waals surface area contributed by atoms with Gasteiger partial charge in [-0.25, -0.2) is 0 Å². The Kier molecular flexibility index (Phi) is 3.21. The van der Waals surface area contributed by atoms with Crippen LogP contribution in [0.25, 0.3) is 0 Å². The lowest BCUT2D eigenvalue weighted by molar-refractivity contribution is -0.136. The second-order valence-corrected chi connectivity index (χ2v) is 6.02. The molecule has 0 spiro atoms. The third-order valence-corrected chi connectivity index (χ3v) is 4.60. The van der Waals surface area contributed by atoms with Gasteiger partial charge in [-0.1, -0.05) is 18.2 Å². The molecule has 17 heavy (non-hydrogen) atoms. The van der Waals surface area contributed by atoms with Gasteiger partial charge >= 0.3 is 5.97 Å². The first-order chi connectivity index (χ1) is 8.00. The van der Waals surface area contributed by atoms with Gasteiger partial charge in [-0.05, 0) is 6.07 Å². The van der Waals surface area contributed by atoms with Crippen molar-refractivity contribution in [2.45, 2.75) is 11.3 Å². The van der Waals surface area contributed by atoms with E-state index in [9.17, 15) is 13.2 Å². The second-order valence-electron chi connectivity index (χ2n) is 3.36. The molecule has 2 rings (SSSR count). The van der Waals surface area contributed by atoms with Crippen molar-refractivity contribution in [2.24, 2.45) is 4.40 Å². The van der Waals surface area contributed by atoms with Crippen molar-refractivity contribution in [1.29, 1.82) is 0 Å². The summed E-state index contributed by atoms with van der Waals surface area (Å²) in [7, 11) is -3.59. The van der Waals surface area contributed by atoms with E-state index in [1.54, 1.807) is 18.2 Å². The van der Waals surface area contributed by atoms with Gasteiger partial charge in [0, 0.05) is 11.3 Å². The van der Waals surface area contributed by atoms with Crippen LogP contribution in [-0.2, 0) is 14.8 Å². The van der Waals surface area contributed by atoms with Crippen molar-refractivity contribution in [1.82, 2.24) is 0 Å². The number of benzene rings is 1. The molecular formula is C10H9NO4S2. The highest BCUT2D eigenvalue weighted by Gasteiger charge is 2.28. The summed E-state index contributed by atoms with van der Waals surface area (Å²) in [4.78, 5) is 10.6. The van der Waals surface area contributed by atoms with E-state index in [-0.39, 0.29) is 11.3 Å². The molecule has 90 valence electrons. The molecule has 0 aromatic heterocycles. The molecule has 0 aliphatic carbocycles. The molecule has 1 heterocycles. The smallest absolute Gasteiger partial charge is 0.304 e. The first kappa shape index (κ1) is 12.1. The summed E-state index contributed by atoms with van der Waals surface area (Å²) in [5, 5.41) is 8.89. The summed E-state index contributed by atoms with van der Waals surface area (Å²) in [6.07, 6.45) is -0.0219. The van der Waals surface area contributed by atoms with Gasteiger partial charge < -0.3 is 5.11 Å². The third kappa shape index (κ3) is 2.50. The molecule has 1 aliphatic heterocycles. The third-order valence-electron chi connectivity index (χ3n) is 2.15. The number of sulfonamides is 1. The molecular weight excluding hydrogens is 262 g/mol. The zero-order chi connectivity index (χ0) is 12.5. The molecule has 5 nitrogen and oxygen atoms in total. The van der Waals surface area contributed by atoms with Gasteiger partial charge in [0.25, 0.3) is 10.0 Å². The van der Waals surface area contributed by atoms with E-state index in [0.29, 0.717) is 16.4 Å². The average Bonchev–Trinajstić information content (AvgIpc) is 2.51. The number of aliphatic carboxylic acids is 1. The normalized spacial score (nSPS) is 16.4. The zero-order valence-corrected chi connectivity index (χ0v) is 10.3. The topological polar surface area (TPSA) is 83.8 Å². The molecule has 1 N–H and O–H groups in total. The first-order valence-corrected chi connectivity index (χ1v) is 7.22. The lowest BCUT2D eigenvalue weighted by Gasteiger charge is -1.99. The Morgan fingerprint density at radius 2 is 2.06 bits per heavy atom. The fourth-order valence-corrected chi connectivity index (χ4v) is 3.90. The predicted octanol–water partition coefficient (Wildman–Crippen LogP) is 1.34. The number of hydrogen-bond acceptors (Lipinski definition) is 4. The summed E-state index contributed by atoms with van der Waals surface area (Å²) < 4.78 is 26.9. The van der Waals surface area contributed by atoms with E-state index in [2.05, 4.69) is 4.40 Å². The maximum atomic E-state index is 11.6. The summed E-state index contributed by atoms with van der Waals surface area (Å²) in [6.45, 7) is 0. The lowest BCUT2D eigenvalue weighted by atomic mass is 10.2. The van der Waals surface area contributed by atoms with Gasteiger partial charge in [-0.3, -0.25) is 4.79 Å². The van der Waals surface area contributed by atoms with Crippen molar-refractivity contribution in [2.75, 3.05) is 5.75 Å². The number of thioether (sulfide) groups is 1. The Labute approximate surface area is 103 Å². The lowest BCUT2D eigenvalue weighted by Crippen LogP contribution is -1.99. The number of nitrogens with zero attached hydrogens (tertiary/aromatic N) is 1. The van der Waals surface area contributed by atoms with Crippen molar-refractivity contribution >= 4 is 32.8 Å². The largest absolute Gasteiger partial charge is 0.481 e. The van der Waals surface area contributed by atoms with Crippen LogP contribution in [0, 0.1) is 0 Å². The fourth-order valence-electron chi connectivity index (χ4n) is 1.41. The standard InChI is InChI=1S/C10H9NO4S2/c12-9(13)5-6-16-10-7-3-1-2-4-8(7)17(14,15)11-10/h1-4H,5-6H2,(H,12,13). The average molecular weight is 271 g/mol. The van der Waals surface area contributed by atoms with Crippen molar-refractivity contribution < 1.29 is 18.3 Å². The van der Waals surface area contributed by atoms with Gasteiger partial charge in [0.05, 0.1) is 11.3 Å². The second kappa shape index (κ2) is 4.50. The van der Waals surface area contributed by atoms with Gasteiger partial charge in [0.15, 0.2) is 0 Å². The Balaban J connectivity index is 2.23. The van der Waals surface area contributed by atoms with Crippen LogP contribution in [0.4, 0.5) is 0 Å². The van der Waals surface area contributed by atoms with Crippen LogP contribution in [0.3, 0.4) is 0 Å². The molecule has 1 aromatic rings. The van der Waals surface area contributed by atoms with Crippen LogP contribution in [0.15, 0.2) is 33.6 Å². The summed E-state index contributed by atoms with van der Waals surface area (Å²) in [5.41, 5.74) is 0.558. The van der Waals surface area contributed by atoms with Crippen LogP contribution in [-0.4, -0.2) is 30.3 Å². The van der Waals surface area contributed by atoms with Crippen molar-refractivity contribution in [3.8, 4) is 0 Å². The molecule has 0 radical (unpaired) electrons. The molecule has 0 saturated carbocycles. The number of carboxylic acid groups (broad SMARTS) is 1. The van der Waals surface area contributed by atoms with Crippen molar-refractivity contribution in [3.05, 3.63) is 29.8 Å². The maximum absolute atomic E-state index is 11.6. The fraction of sp³-hybridized carbons (Fsp3) is 0.200. The Hall–Kier alpha value is -1.34. The quantitative estimate of drug-likeness (QED) is 0.897. The van der Waals surface area contributed by atoms with Gasteiger partial charge in [0.1, 0.15) is 5.04 Å². The van der Waals surface area contributed by atoms with Crippen LogP contribution in [0.5, 0.6) is 0 Å². The van der Waals surface area contributed by atoms with E-state index < -0.39 is 16.0 Å². The molecule has 7 heteroatoms. The highest BCUT2D eigenvalue weighted by molar-refractivity contribution is 8.15. The molecule has 0 amide bonds. The monoisotopic (exact) mass is 271 g/mol. The van der Waals surface area contributed by atoms with E-state index in [1.807, 2.05) is 0 Å². The van der Waals surface area contributed by atoms with Crippen LogP contribution >= 0.6 is 11.8 Å². The number of rotatable bonds is 3. The highest BCUT2D eigenvalue weighted by Crippen LogP contribution is 2.30. The molecule has 1 aromatic carbocycles. The highest BCUT2D eigenvalue weighted by atomic mass is 32.2. The van der Waals surface area contributed by atoms with Crippen LogP contribution in [0.2, 0.25) is 0 Å². The molecule has 1 aliphatic rings. The molecule has 0 unspecified atom stereocenters. The van der Waals surface area contributed by atoms with E-state index >= 15 is 0 Å². The Morgan fingerprint density at radius 3 is 2.76 bits per heavy atom. The predicted molar refractivity (Wildman–Crippen MR) is 64.9 cm³/mol. The van der Waals surface area contributed by atoms with Crippen LogP contribution in [0.1, 0.15) is 12.0 Å². The SMILES string of the molecule is O=C(O)CCSC1=NS(=O)(=O)c2ccccc21. The number of fused-ring (bicyclic) bond motifs is 1. The van der Waals surface area contributed by atoms with Gasteiger partial charge in [-0.15, -0.1) is 11.8 Å². The number of carbonyl (C=O) groups is 1. The molecule has 0 atom stereocenters. The summed E-state index contributed by atoms with van der Waals surface area (Å²) in [6, 6.07) is 6.54. The summed E-state index contributed by atoms with van der Waals surface area (Å²) >= 11 is 1.15. The molecule has 0 saturated heterocycles. The van der Waals surface area contributed by atoms with E-state index in [4.69, 9.17) is 5.11 Å². The van der Waals surface area contributed by atoms with E-state index in [1.165, 1.54) is 6.07 Å². The minimum atomic E-state index is -3.59. The zero-order valence-electron chi connectivity index (χ0n) is 8.66. The van der Waals surface area contributed by atoms with Crippen LogP contribution < -0.4 is 0 Å². The molecule has 0 bridgehead atoms. The Morgan fingerprint density at radius 1 is 1.35 bits per heavy atom.